The van der Waals surface area contributed by atoms with Crippen LogP contribution in [0.1, 0.15) is 27.2 Å². The van der Waals surface area contributed by atoms with Gasteiger partial charge in [0.2, 0.25) is 15.9 Å². The summed E-state index contributed by atoms with van der Waals surface area (Å²) in [6.07, 6.45) is -0.534. The molecule has 0 saturated heterocycles. The van der Waals surface area contributed by atoms with E-state index in [0.29, 0.717) is 12.3 Å². The Morgan fingerprint density at radius 3 is 2.38 bits per heavy atom. The van der Waals surface area contributed by atoms with Crippen molar-refractivity contribution in [1.82, 2.24) is 10.0 Å². The van der Waals surface area contributed by atoms with Gasteiger partial charge in [-0.3, -0.25) is 4.79 Å². The Bertz CT molecular complexity index is 863. The highest BCUT2D eigenvalue weighted by atomic mass is 32.2. The van der Waals surface area contributed by atoms with Crippen molar-refractivity contribution >= 4 is 26.7 Å². The lowest BCUT2D eigenvalue weighted by Gasteiger charge is -2.21. The third-order valence-corrected chi connectivity index (χ3v) is 5.35. The first-order valence-corrected chi connectivity index (χ1v) is 10.0. The second-order valence-corrected chi connectivity index (χ2v) is 8.40. The van der Waals surface area contributed by atoms with Crippen molar-refractivity contribution in [2.24, 2.45) is 5.92 Å². The number of carbonyl (C=O) groups is 1. The minimum atomic E-state index is -3.97. The smallest absolute Gasteiger partial charge is 0.241 e. The Hall–Kier alpha value is -1.96. The highest BCUT2D eigenvalue weighted by molar-refractivity contribution is 7.89. The largest absolute Gasteiger partial charge is 0.391 e. The summed E-state index contributed by atoms with van der Waals surface area (Å²) in [5.41, 5.74) is 0. The highest BCUT2D eigenvalue weighted by Gasteiger charge is 2.29. The van der Waals surface area contributed by atoms with Crippen LogP contribution < -0.4 is 10.0 Å². The number of sulfonamides is 1. The van der Waals surface area contributed by atoms with Gasteiger partial charge in [0.25, 0.3) is 0 Å². The minimum Gasteiger partial charge on any atom is -0.391 e. The molecule has 0 bridgehead atoms. The summed E-state index contributed by atoms with van der Waals surface area (Å²) in [5.74, 6) is -0.236. The first-order chi connectivity index (χ1) is 12.2. The summed E-state index contributed by atoms with van der Waals surface area (Å²) in [6.45, 7) is 6.94. The van der Waals surface area contributed by atoms with Crippen LogP contribution in [0.25, 0.3) is 10.8 Å². The van der Waals surface area contributed by atoms with E-state index in [9.17, 15) is 18.3 Å². The van der Waals surface area contributed by atoms with Crippen LogP contribution in [0, 0.1) is 12.5 Å². The molecule has 0 saturated carbocycles. The third kappa shape index (κ3) is 5.27. The standard InChI is InChI=1S/C19H25N2O4S/c1-13(2)10-11-20-19(23)18(14(3)22)21-26(24,25)17-9-8-15-6-4-5-7-16(15)12-17/h4-9,11-14,18,21-22H,10H2,1-3H3,(H,20,23)/t14-,18+/m1/s1. The second-order valence-electron chi connectivity index (χ2n) is 6.69. The highest BCUT2D eigenvalue weighted by Crippen LogP contribution is 2.19. The first-order valence-electron chi connectivity index (χ1n) is 8.52. The molecule has 0 spiro atoms. The van der Waals surface area contributed by atoms with Gasteiger partial charge in [-0.1, -0.05) is 44.2 Å². The van der Waals surface area contributed by atoms with Crippen LogP contribution in [0.5, 0.6) is 0 Å². The van der Waals surface area contributed by atoms with Gasteiger partial charge in [-0.25, -0.2) is 8.42 Å². The maximum absolute atomic E-state index is 12.7. The normalized spacial score (nSPS) is 14.3. The van der Waals surface area contributed by atoms with E-state index in [-0.39, 0.29) is 4.90 Å². The van der Waals surface area contributed by atoms with E-state index < -0.39 is 28.1 Å². The lowest BCUT2D eigenvalue weighted by molar-refractivity contribution is -0.124. The number of aliphatic hydroxyl groups excluding tert-OH is 1. The summed E-state index contributed by atoms with van der Waals surface area (Å²) in [6, 6.07) is 10.8. The van der Waals surface area contributed by atoms with E-state index in [0.717, 1.165) is 10.8 Å². The molecule has 3 N–H and O–H groups in total. The van der Waals surface area contributed by atoms with Crippen LogP contribution >= 0.6 is 0 Å². The number of fused-ring (bicyclic) bond motifs is 1. The summed E-state index contributed by atoms with van der Waals surface area (Å²) in [7, 11) is -3.97. The van der Waals surface area contributed by atoms with E-state index in [1.165, 1.54) is 13.0 Å². The number of hydrogen-bond acceptors (Lipinski definition) is 4. The van der Waals surface area contributed by atoms with Gasteiger partial charge in [-0.15, -0.1) is 0 Å². The molecule has 6 nitrogen and oxygen atoms in total. The van der Waals surface area contributed by atoms with E-state index >= 15 is 0 Å². The number of benzene rings is 2. The molecule has 26 heavy (non-hydrogen) atoms. The van der Waals surface area contributed by atoms with E-state index in [4.69, 9.17) is 0 Å². The Labute approximate surface area is 154 Å². The zero-order valence-corrected chi connectivity index (χ0v) is 16.0. The average molecular weight is 377 g/mol. The summed E-state index contributed by atoms with van der Waals surface area (Å²) in [4.78, 5) is 12.3. The lowest BCUT2D eigenvalue weighted by Crippen LogP contribution is -2.51. The summed E-state index contributed by atoms with van der Waals surface area (Å²) < 4.78 is 27.6. The van der Waals surface area contributed by atoms with Gasteiger partial charge in [0.1, 0.15) is 6.04 Å². The number of carbonyl (C=O) groups excluding carboxylic acids is 1. The van der Waals surface area contributed by atoms with Crippen molar-refractivity contribution in [3.63, 3.8) is 0 Å². The monoisotopic (exact) mass is 377 g/mol. The van der Waals surface area contributed by atoms with Gasteiger partial charge in [0.05, 0.1) is 11.0 Å². The van der Waals surface area contributed by atoms with Crippen LogP contribution in [-0.2, 0) is 14.8 Å². The van der Waals surface area contributed by atoms with Gasteiger partial charge in [0, 0.05) is 6.54 Å². The van der Waals surface area contributed by atoms with Gasteiger partial charge in [0.15, 0.2) is 0 Å². The van der Waals surface area contributed by atoms with E-state index in [2.05, 4.69) is 10.0 Å². The topological polar surface area (TPSA) is 95.5 Å². The third-order valence-electron chi connectivity index (χ3n) is 3.91. The van der Waals surface area contributed by atoms with Crippen LogP contribution in [0.3, 0.4) is 0 Å². The van der Waals surface area contributed by atoms with Gasteiger partial charge in [-0.05, 0) is 42.2 Å². The van der Waals surface area contributed by atoms with Gasteiger partial charge >= 0.3 is 0 Å². The van der Waals surface area contributed by atoms with Crippen molar-refractivity contribution in [2.75, 3.05) is 0 Å². The van der Waals surface area contributed by atoms with Crippen LogP contribution in [0.2, 0.25) is 0 Å². The van der Waals surface area contributed by atoms with Crippen LogP contribution in [-0.4, -0.2) is 31.6 Å². The molecular formula is C19H25N2O4S. The van der Waals surface area contributed by atoms with Crippen LogP contribution in [0.15, 0.2) is 47.4 Å². The Kier molecular flexibility index (Phi) is 6.75. The average Bonchev–Trinajstić information content (AvgIpc) is 2.58. The fourth-order valence-electron chi connectivity index (χ4n) is 2.43. The molecule has 0 aliphatic rings. The van der Waals surface area contributed by atoms with Gasteiger partial charge < -0.3 is 10.4 Å². The van der Waals surface area contributed by atoms with Crippen molar-refractivity contribution in [2.45, 2.75) is 44.2 Å². The van der Waals surface area contributed by atoms with Crippen molar-refractivity contribution in [3.05, 3.63) is 49.0 Å². The predicted octanol–water partition coefficient (Wildman–Crippen LogP) is 2.19. The Morgan fingerprint density at radius 2 is 1.77 bits per heavy atom. The molecule has 0 fully saturated rings. The number of rotatable bonds is 8. The maximum atomic E-state index is 12.7. The van der Waals surface area contributed by atoms with Crippen molar-refractivity contribution in [3.8, 4) is 0 Å². The molecule has 2 aromatic rings. The summed E-state index contributed by atoms with van der Waals surface area (Å²) >= 11 is 0. The number of aliphatic hydroxyl groups is 1. The van der Waals surface area contributed by atoms with Crippen LogP contribution in [0.4, 0.5) is 0 Å². The number of nitrogens with one attached hydrogen (secondary N) is 2. The molecular weight excluding hydrogens is 352 g/mol. The van der Waals surface area contributed by atoms with Gasteiger partial charge in [-0.2, -0.15) is 4.72 Å². The van der Waals surface area contributed by atoms with Crippen molar-refractivity contribution < 1.29 is 18.3 Å². The lowest BCUT2D eigenvalue weighted by atomic mass is 10.1. The van der Waals surface area contributed by atoms with Crippen molar-refractivity contribution in [1.29, 1.82) is 0 Å². The van der Waals surface area contributed by atoms with E-state index in [1.54, 1.807) is 18.7 Å². The predicted molar refractivity (Wildman–Crippen MR) is 102 cm³/mol. The number of amides is 1. The molecule has 2 aromatic carbocycles. The minimum absolute atomic E-state index is 0.0424. The molecule has 1 amide bonds. The van der Waals surface area contributed by atoms with E-state index in [1.807, 2.05) is 38.1 Å². The Balaban J connectivity index is 2.18. The molecule has 0 aromatic heterocycles. The fraction of sp³-hybridized carbons (Fsp3) is 0.368. The molecule has 0 aliphatic heterocycles. The number of hydrogen-bond donors (Lipinski definition) is 3. The maximum Gasteiger partial charge on any atom is 0.241 e. The fourth-order valence-corrected chi connectivity index (χ4v) is 3.73. The molecule has 2 rings (SSSR count). The Morgan fingerprint density at radius 1 is 1.12 bits per heavy atom. The second kappa shape index (κ2) is 8.62. The molecule has 1 radical (unpaired) electrons. The first kappa shape index (κ1) is 20.4. The molecule has 2 atom stereocenters. The molecule has 141 valence electrons. The molecule has 0 aliphatic carbocycles. The quantitative estimate of drug-likeness (QED) is 0.657. The zero-order chi connectivity index (χ0) is 19.3. The summed E-state index contributed by atoms with van der Waals surface area (Å²) in [5, 5.41) is 14.1. The molecule has 0 heterocycles. The SMILES string of the molecule is CC(C)C[CH]NC(=O)[C@@H](NS(=O)(=O)c1ccc2ccccc2c1)[C@@H](C)O. The molecule has 0 unspecified atom stereocenters. The molecule has 7 heteroatoms. The zero-order valence-electron chi connectivity index (χ0n) is 15.1.